The zero-order chi connectivity index (χ0) is 13.1. The fraction of sp³-hybridized carbons (Fsp3) is 0.615. The molecule has 5 nitrogen and oxygen atoms in total. The first-order valence-corrected chi connectivity index (χ1v) is 6.43. The molecule has 1 aromatic rings. The number of nitrogens with zero attached hydrogens (tertiary/aromatic N) is 2. The zero-order valence-electron chi connectivity index (χ0n) is 10.8. The standard InChI is InChI=1S/C13H19N3O2/c1-9(2)13(18)14-7-8-16-12(17)6-5-11(15-16)10-3-4-10/h5-6,9-10H,3-4,7-8H2,1-2H3,(H,14,18). The number of nitrogens with one attached hydrogen (secondary N) is 1. The van der Waals surface area contributed by atoms with Gasteiger partial charge < -0.3 is 5.32 Å². The van der Waals surface area contributed by atoms with Gasteiger partial charge in [0.15, 0.2) is 0 Å². The Bertz CT molecular complexity index is 489. The maximum absolute atomic E-state index is 11.6. The molecule has 1 saturated carbocycles. The first kappa shape index (κ1) is 12.8. The number of carbonyl (C=O) groups excluding carboxylic acids is 1. The van der Waals surface area contributed by atoms with Crippen LogP contribution in [-0.2, 0) is 11.3 Å². The Kier molecular flexibility index (Phi) is 3.79. The average molecular weight is 249 g/mol. The van der Waals surface area contributed by atoms with Crippen molar-refractivity contribution in [3.05, 3.63) is 28.2 Å². The van der Waals surface area contributed by atoms with E-state index >= 15 is 0 Å². The van der Waals surface area contributed by atoms with Gasteiger partial charge in [-0.25, -0.2) is 4.68 Å². The van der Waals surface area contributed by atoms with Crippen LogP contribution in [0.4, 0.5) is 0 Å². The molecular formula is C13H19N3O2. The SMILES string of the molecule is CC(C)C(=O)NCCn1nc(C2CC2)ccc1=O. The number of carbonyl (C=O) groups is 1. The maximum atomic E-state index is 11.6. The topological polar surface area (TPSA) is 64.0 Å². The van der Waals surface area contributed by atoms with Crippen LogP contribution in [0.25, 0.3) is 0 Å². The summed E-state index contributed by atoms with van der Waals surface area (Å²) in [5.74, 6) is 0.496. The van der Waals surface area contributed by atoms with Crippen LogP contribution >= 0.6 is 0 Å². The third-order valence-corrected chi connectivity index (χ3v) is 3.03. The van der Waals surface area contributed by atoms with Crippen molar-refractivity contribution in [1.29, 1.82) is 0 Å². The normalized spacial score (nSPS) is 14.8. The minimum absolute atomic E-state index is 0.00129. The second-order valence-electron chi connectivity index (χ2n) is 5.04. The van der Waals surface area contributed by atoms with Gasteiger partial charge in [0, 0.05) is 24.4 Å². The van der Waals surface area contributed by atoms with Crippen molar-refractivity contribution >= 4 is 5.91 Å². The molecule has 1 amide bonds. The molecule has 0 atom stereocenters. The lowest BCUT2D eigenvalue weighted by Gasteiger charge is -2.09. The van der Waals surface area contributed by atoms with Gasteiger partial charge in [0.1, 0.15) is 0 Å². The molecule has 0 spiro atoms. The summed E-state index contributed by atoms with van der Waals surface area (Å²) in [4.78, 5) is 23.0. The Balaban J connectivity index is 1.94. The van der Waals surface area contributed by atoms with Gasteiger partial charge in [0.2, 0.25) is 5.91 Å². The van der Waals surface area contributed by atoms with Crippen molar-refractivity contribution in [1.82, 2.24) is 15.1 Å². The minimum atomic E-state index is -0.113. The highest BCUT2D eigenvalue weighted by atomic mass is 16.2. The molecule has 1 aromatic heterocycles. The van der Waals surface area contributed by atoms with Crippen molar-refractivity contribution in [3.63, 3.8) is 0 Å². The van der Waals surface area contributed by atoms with Crippen LogP contribution in [0.15, 0.2) is 16.9 Å². The van der Waals surface area contributed by atoms with Crippen LogP contribution in [0.2, 0.25) is 0 Å². The number of amides is 1. The third-order valence-electron chi connectivity index (χ3n) is 3.03. The Morgan fingerprint density at radius 3 is 2.83 bits per heavy atom. The molecule has 0 aromatic carbocycles. The quantitative estimate of drug-likeness (QED) is 0.843. The van der Waals surface area contributed by atoms with E-state index in [9.17, 15) is 9.59 Å². The Hall–Kier alpha value is -1.65. The zero-order valence-corrected chi connectivity index (χ0v) is 10.8. The molecule has 0 aliphatic heterocycles. The number of aromatic nitrogens is 2. The molecule has 0 saturated heterocycles. The van der Waals surface area contributed by atoms with E-state index in [1.54, 1.807) is 6.07 Å². The molecule has 0 radical (unpaired) electrons. The van der Waals surface area contributed by atoms with Gasteiger partial charge in [-0.05, 0) is 18.9 Å². The average Bonchev–Trinajstić information content (AvgIpc) is 3.15. The molecule has 0 unspecified atom stereocenters. The third kappa shape index (κ3) is 3.18. The molecule has 5 heteroatoms. The summed E-state index contributed by atoms with van der Waals surface area (Å²) < 4.78 is 1.44. The van der Waals surface area contributed by atoms with Crippen LogP contribution < -0.4 is 10.9 Å². The van der Waals surface area contributed by atoms with Crippen LogP contribution in [0.1, 0.15) is 38.3 Å². The summed E-state index contributed by atoms with van der Waals surface area (Å²) in [6, 6.07) is 3.37. The fourth-order valence-electron chi connectivity index (χ4n) is 1.71. The van der Waals surface area contributed by atoms with Gasteiger partial charge in [0.25, 0.3) is 5.56 Å². The predicted octanol–water partition coefficient (Wildman–Crippen LogP) is 0.893. The van der Waals surface area contributed by atoms with E-state index in [0.29, 0.717) is 19.0 Å². The van der Waals surface area contributed by atoms with E-state index in [4.69, 9.17) is 0 Å². The summed E-state index contributed by atoms with van der Waals surface area (Å²) in [6.07, 6.45) is 2.32. The predicted molar refractivity (Wildman–Crippen MR) is 68.3 cm³/mol. The number of hydrogen-bond donors (Lipinski definition) is 1. The highest BCUT2D eigenvalue weighted by Gasteiger charge is 2.25. The monoisotopic (exact) mass is 249 g/mol. The van der Waals surface area contributed by atoms with Gasteiger partial charge in [-0.1, -0.05) is 13.8 Å². The smallest absolute Gasteiger partial charge is 0.266 e. The second kappa shape index (κ2) is 5.33. The van der Waals surface area contributed by atoms with Crippen LogP contribution in [-0.4, -0.2) is 22.2 Å². The van der Waals surface area contributed by atoms with Crippen LogP contribution in [0.5, 0.6) is 0 Å². The molecular weight excluding hydrogens is 230 g/mol. The molecule has 98 valence electrons. The van der Waals surface area contributed by atoms with Gasteiger partial charge in [0.05, 0.1) is 12.2 Å². The summed E-state index contributed by atoms with van der Waals surface area (Å²) >= 11 is 0. The first-order valence-electron chi connectivity index (χ1n) is 6.43. The van der Waals surface area contributed by atoms with E-state index in [1.165, 1.54) is 4.68 Å². The molecule has 0 bridgehead atoms. The lowest BCUT2D eigenvalue weighted by Crippen LogP contribution is -2.34. The highest BCUT2D eigenvalue weighted by Crippen LogP contribution is 2.38. The highest BCUT2D eigenvalue weighted by molar-refractivity contribution is 5.77. The van der Waals surface area contributed by atoms with Crippen molar-refractivity contribution in [2.45, 2.75) is 39.2 Å². The van der Waals surface area contributed by atoms with Crippen molar-refractivity contribution in [3.8, 4) is 0 Å². The van der Waals surface area contributed by atoms with Crippen LogP contribution in [0, 0.1) is 5.92 Å². The fourth-order valence-corrected chi connectivity index (χ4v) is 1.71. The van der Waals surface area contributed by atoms with E-state index in [2.05, 4.69) is 10.4 Å². The second-order valence-corrected chi connectivity index (χ2v) is 5.04. The molecule has 18 heavy (non-hydrogen) atoms. The lowest BCUT2D eigenvalue weighted by atomic mass is 10.2. The van der Waals surface area contributed by atoms with Crippen molar-refractivity contribution < 1.29 is 4.79 Å². The molecule has 1 aliphatic carbocycles. The van der Waals surface area contributed by atoms with Gasteiger partial charge in [-0.15, -0.1) is 0 Å². The number of rotatable bonds is 5. The summed E-state index contributed by atoms with van der Waals surface area (Å²) in [7, 11) is 0. The largest absolute Gasteiger partial charge is 0.354 e. The Morgan fingerprint density at radius 2 is 2.22 bits per heavy atom. The maximum Gasteiger partial charge on any atom is 0.266 e. The van der Waals surface area contributed by atoms with E-state index in [0.717, 1.165) is 18.5 Å². The Morgan fingerprint density at radius 1 is 1.50 bits per heavy atom. The summed E-state index contributed by atoms with van der Waals surface area (Å²) in [5.41, 5.74) is 0.878. The van der Waals surface area contributed by atoms with E-state index in [-0.39, 0.29) is 17.4 Å². The van der Waals surface area contributed by atoms with Gasteiger partial charge in [-0.3, -0.25) is 9.59 Å². The van der Waals surface area contributed by atoms with Crippen LogP contribution in [0.3, 0.4) is 0 Å². The number of hydrogen-bond acceptors (Lipinski definition) is 3. The molecule has 1 N–H and O–H groups in total. The van der Waals surface area contributed by atoms with E-state index in [1.807, 2.05) is 19.9 Å². The molecule has 2 rings (SSSR count). The minimum Gasteiger partial charge on any atom is -0.354 e. The molecule has 1 aliphatic rings. The van der Waals surface area contributed by atoms with Crippen molar-refractivity contribution in [2.75, 3.05) is 6.54 Å². The van der Waals surface area contributed by atoms with Crippen molar-refractivity contribution in [2.24, 2.45) is 5.92 Å². The molecule has 1 fully saturated rings. The lowest BCUT2D eigenvalue weighted by molar-refractivity contribution is -0.124. The Labute approximate surface area is 106 Å². The summed E-state index contributed by atoms with van der Waals surface area (Å²) in [6.45, 7) is 4.55. The summed E-state index contributed by atoms with van der Waals surface area (Å²) in [5, 5.41) is 7.11. The first-order chi connectivity index (χ1) is 8.58. The molecule has 1 heterocycles. The van der Waals surface area contributed by atoms with E-state index < -0.39 is 0 Å². The van der Waals surface area contributed by atoms with Gasteiger partial charge >= 0.3 is 0 Å². The van der Waals surface area contributed by atoms with Gasteiger partial charge in [-0.2, -0.15) is 5.10 Å².